The molecule has 3 aromatic rings. The summed E-state index contributed by atoms with van der Waals surface area (Å²) >= 11 is 6.02. The summed E-state index contributed by atoms with van der Waals surface area (Å²) in [7, 11) is 0. The van der Waals surface area contributed by atoms with Gasteiger partial charge in [0, 0.05) is 10.7 Å². The molecule has 1 heterocycles. The fraction of sp³-hybridized carbons (Fsp3) is 0.0625. The lowest BCUT2D eigenvalue weighted by Gasteiger charge is -2.09. The Labute approximate surface area is 131 Å². The molecule has 0 radical (unpaired) electrons. The van der Waals surface area contributed by atoms with Crippen molar-refractivity contribution in [3.05, 3.63) is 69.2 Å². The number of nitrogens with zero attached hydrogens (tertiary/aromatic N) is 1. The van der Waals surface area contributed by atoms with Crippen LogP contribution in [-0.2, 0) is 0 Å². The summed E-state index contributed by atoms with van der Waals surface area (Å²) in [4.78, 5) is 30.9. The average molecular weight is 314 g/mol. The Morgan fingerprint density at radius 3 is 2.77 bits per heavy atom. The number of hydrogen-bond acceptors (Lipinski definition) is 3. The van der Waals surface area contributed by atoms with Crippen molar-refractivity contribution in [3.63, 3.8) is 0 Å². The third kappa shape index (κ3) is 2.58. The van der Waals surface area contributed by atoms with Gasteiger partial charge in [-0.1, -0.05) is 29.8 Å². The Hall–Kier alpha value is -2.66. The number of nitrogens with one attached hydrogen (secondary N) is 2. The maximum atomic E-state index is 12.3. The molecule has 0 bridgehead atoms. The van der Waals surface area contributed by atoms with Crippen molar-refractivity contribution in [2.75, 3.05) is 5.32 Å². The Balaban J connectivity index is 1.99. The van der Waals surface area contributed by atoms with Gasteiger partial charge in [0.25, 0.3) is 11.5 Å². The molecule has 0 spiro atoms. The molecule has 110 valence electrons. The molecular weight excluding hydrogens is 302 g/mol. The number of H-pyrrole nitrogens is 1. The lowest BCUT2D eigenvalue weighted by molar-refractivity contribution is 0.101. The van der Waals surface area contributed by atoms with Crippen LogP contribution in [0.2, 0.25) is 5.02 Å². The number of fused-ring (bicyclic) bond motifs is 1. The van der Waals surface area contributed by atoms with E-state index < -0.39 is 5.91 Å². The Morgan fingerprint density at radius 1 is 1.18 bits per heavy atom. The van der Waals surface area contributed by atoms with E-state index in [9.17, 15) is 9.59 Å². The van der Waals surface area contributed by atoms with E-state index in [4.69, 9.17) is 11.6 Å². The summed E-state index contributed by atoms with van der Waals surface area (Å²) < 4.78 is 0. The third-order valence-electron chi connectivity index (χ3n) is 3.34. The number of rotatable bonds is 2. The van der Waals surface area contributed by atoms with Gasteiger partial charge < -0.3 is 10.3 Å². The van der Waals surface area contributed by atoms with Gasteiger partial charge in [0.2, 0.25) is 0 Å². The summed E-state index contributed by atoms with van der Waals surface area (Å²) in [6.07, 6.45) is 0. The number of benzene rings is 2. The molecule has 5 nitrogen and oxygen atoms in total. The zero-order chi connectivity index (χ0) is 15.7. The van der Waals surface area contributed by atoms with E-state index in [1.807, 2.05) is 0 Å². The summed E-state index contributed by atoms with van der Waals surface area (Å²) in [5.74, 6) is -0.531. The molecule has 0 saturated heterocycles. The number of aromatic nitrogens is 2. The molecule has 0 saturated carbocycles. The van der Waals surface area contributed by atoms with Crippen molar-refractivity contribution >= 4 is 34.1 Å². The number of anilines is 1. The minimum Gasteiger partial charge on any atom is -0.319 e. The molecule has 2 N–H and O–H groups in total. The van der Waals surface area contributed by atoms with Gasteiger partial charge in [-0.05, 0) is 36.8 Å². The van der Waals surface area contributed by atoms with Crippen molar-refractivity contribution in [1.82, 2.24) is 9.97 Å². The smallest absolute Gasteiger partial charge is 0.291 e. The predicted octanol–water partition coefficient (Wildman–Crippen LogP) is 3.14. The average Bonchev–Trinajstić information content (AvgIpc) is 2.52. The maximum Gasteiger partial charge on any atom is 0.291 e. The molecule has 1 aromatic heterocycles. The Morgan fingerprint density at radius 2 is 1.95 bits per heavy atom. The minimum absolute atomic E-state index is 0.0388. The van der Waals surface area contributed by atoms with Gasteiger partial charge >= 0.3 is 0 Å². The van der Waals surface area contributed by atoms with Crippen LogP contribution in [0.3, 0.4) is 0 Å². The molecular formula is C16H12ClN3O2. The lowest BCUT2D eigenvalue weighted by Crippen LogP contribution is -2.21. The monoisotopic (exact) mass is 313 g/mol. The van der Waals surface area contributed by atoms with E-state index in [0.29, 0.717) is 21.6 Å². The number of para-hydroxylation sites is 1. The molecule has 1 amide bonds. The van der Waals surface area contributed by atoms with Crippen molar-refractivity contribution in [2.24, 2.45) is 0 Å². The highest BCUT2D eigenvalue weighted by atomic mass is 35.5. The fourth-order valence-electron chi connectivity index (χ4n) is 2.12. The van der Waals surface area contributed by atoms with Gasteiger partial charge in [-0.3, -0.25) is 9.59 Å². The van der Waals surface area contributed by atoms with Crippen LogP contribution in [0.4, 0.5) is 5.69 Å². The van der Waals surface area contributed by atoms with E-state index in [0.717, 1.165) is 5.56 Å². The van der Waals surface area contributed by atoms with Crippen molar-refractivity contribution < 1.29 is 4.79 Å². The van der Waals surface area contributed by atoms with Crippen LogP contribution in [0.1, 0.15) is 16.2 Å². The number of amides is 1. The molecule has 0 aliphatic carbocycles. The number of halogens is 1. The van der Waals surface area contributed by atoms with Crippen LogP contribution >= 0.6 is 11.6 Å². The molecule has 0 atom stereocenters. The van der Waals surface area contributed by atoms with Crippen molar-refractivity contribution in [3.8, 4) is 0 Å². The number of hydrogen-bond donors (Lipinski definition) is 2. The Bertz CT molecular complexity index is 934. The standard InChI is InChI=1S/C16H12ClN3O2/c1-9-11(17)6-4-8-12(9)19-16(22)14-18-13-7-3-2-5-10(13)15(21)20-14/h2-8H,1H3,(H,19,22)(H,18,20,21). The number of aromatic amines is 1. The molecule has 0 unspecified atom stereocenters. The number of carbonyl (C=O) groups is 1. The molecule has 0 fully saturated rings. The second-order valence-electron chi connectivity index (χ2n) is 4.80. The zero-order valence-electron chi connectivity index (χ0n) is 11.7. The predicted molar refractivity (Wildman–Crippen MR) is 86.5 cm³/mol. The van der Waals surface area contributed by atoms with Gasteiger partial charge in [-0.15, -0.1) is 0 Å². The van der Waals surface area contributed by atoms with E-state index >= 15 is 0 Å². The van der Waals surface area contributed by atoms with Crippen LogP contribution < -0.4 is 10.9 Å². The van der Waals surface area contributed by atoms with E-state index in [1.54, 1.807) is 49.4 Å². The van der Waals surface area contributed by atoms with Gasteiger partial charge in [-0.25, -0.2) is 4.98 Å². The molecule has 6 heteroatoms. The highest BCUT2D eigenvalue weighted by molar-refractivity contribution is 6.31. The van der Waals surface area contributed by atoms with Gasteiger partial charge in [0.05, 0.1) is 10.9 Å². The molecule has 2 aromatic carbocycles. The quantitative estimate of drug-likeness (QED) is 0.763. The van der Waals surface area contributed by atoms with E-state index in [2.05, 4.69) is 15.3 Å². The third-order valence-corrected chi connectivity index (χ3v) is 3.75. The van der Waals surface area contributed by atoms with Gasteiger partial charge in [-0.2, -0.15) is 0 Å². The van der Waals surface area contributed by atoms with Crippen LogP contribution in [0, 0.1) is 6.92 Å². The zero-order valence-corrected chi connectivity index (χ0v) is 12.4. The summed E-state index contributed by atoms with van der Waals surface area (Å²) in [6.45, 7) is 1.80. The van der Waals surface area contributed by atoms with E-state index in [-0.39, 0.29) is 11.4 Å². The molecule has 0 aliphatic heterocycles. The van der Waals surface area contributed by atoms with Crippen molar-refractivity contribution in [1.29, 1.82) is 0 Å². The maximum absolute atomic E-state index is 12.3. The van der Waals surface area contributed by atoms with Crippen molar-refractivity contribution in [2.45, 2.75) is 6.92 Å². The van der Waals surface area contributed by atoms with Crippen LogP contribution in [0.25, 0.3) is 10.9 Å². The first-order valence-corrected chi connectivity index (χ1v) is 6.99. The van der Waals surface area contributed by atoms with E-state index in [1.165, 1.54) is 0 Å². The molecule has 0 aliphatic rings. The Kier molecular flexibility index (Phi) is 3.65. The highest BCUT2D eigenvalue weighted by Crippen LogP contribution is 2.23. The van der Waals surface area contributed by atoms with Gasteiger partial charge in [0.1, 0.15) is 0 Å². The highest BCUT2D eigenvalue weighted by Gasteiger charge is 2.13. The normalized spacial score (nSPS) is 10.6. The first kappa shape index (κ1) is 14.3. The second-order valence-corrected chi connectivity index (χ2v) is 5.21. The summed E-state index contributed by atoms with van der Waals surface area (Å²) in [5, 5.41) is 3.70. The second kappa shape index (κ2) is 5.61. The fourth-order valence-corrected chi connectivity index (χ4v) is 2.29. The van der Waals surface area contributed by atoms with Crippen LogP contribution in [0.5, 0.6) is 0 Å². The summed E-state index contributed by atoms with van der Waals surface area (Å²) in [6, 6.07) is 12.1. The molecule has 3 rings (SSSR count). The summed E-state index contributed by atoms with van der Waals surface area (Å²) in [5.41, 5.74) is 1.45. The lowest BCUT2D eigenvalue weighted by atomic mass is 10.2. The van der Waals surface area contributed by atoms with Gasteiger partial charge in [0.15, 0.2) is 5.82 Å². The number of carbonyl (C=O) groups excluding carboxylic acids is 1. The molecule has 22 heavy (non-hydrogen) atoms. The minimum atomic E-state index is -0.492. The van der Waals surface area contributed by atoms with Crippen LogP contribution in [-0.4, -0.2) is 15.9 Å². The topological polar surface area (TPSA) is 74.8 Å². The first-order chi connectivity index (χ1) is 10.6. The largest absolute Gasteiger partial charge is 0.319 e. The first-order valence-electron chi connectivity index (χ1n) is 6.62. The van der Waals surface area contributed by atoms with Crippen LogP contribution in [0.15, 0.2) is 47.3 Å². The SMILES string of the molecule is Cc1c(Cl)cccc1NC(=O)c1nc2ccccc2c(=O)[nH]1.